The van der Waals surface area contributed by atoms with Crippen molar-refractivity contribution in [3.63, 3.8) is 0 Å². The number of carbonyl (C=O) groups excluding carboxylic acids is 1. The maximum absolute atomic E-state index is 11.5. The predicted octanol–water partition coefficient (Wildman–Crippen LogP) is -1.98. The number of esters is 1. The minimum absolute atomic E-state index is 0.235. The van der Waals surface area contributed by atoms with E-state index in [2.05, 4.69) is 11.7 Å². The molecule has 0 saturated carbocycles. The number of methoxy groups -OCH3 is 1. The Bertz CT molecular complexity index is 501. The second kappa shape index (κ2) is 8.86. The predicted molar refractivity (Wildman–Crippen MR) is 86.1 cm³/mol. The second-order valence-electron chi connectivity index (χ2n) is 6.04. The van der Waals surface area contributed by atoms with Crippen molar-refractivity contribution in [1.29, 1.82) is 0 Å². The Balaban J connectivity index is 1.76. The normalized spacial score (nSPS) is 22.4. The van der Waals surface area contributed by atoms with Crippen molar-refractivity contribution < 1.29 is 29.2 Å². The van der Waals surface area contributed by atoms with Crippen LogP contribution in [0.5, 0.6) is 5.75 Å². The molecule has 0 aromatic heterocycles. The summed E-state index contributed by atoms with van der Waals surface area (Å²) < 4.78 is 10.3. The van der Waals surface area contributed by atoms with Gasteiger partial charge in [0, 0.05) is 0 Å². The minimum Gasteiger partial charge on any atom is -0.491 e. The third kappa shape index (κ3) is 5.49. The molecule has 1 atom stereocenters. The smallest absolute Gasteiger partial charge is 0.337 e. The van der Waals surface area contributed by atoms with E-state index in [1.54, 1.807) is 29.2 Å². The molecule has 128 valence electrons. The topological polar surface area (TPSA) is 64.6 Å². The van der Waals surface area contributed by atoms with Gasteiger partial charge < -0.3 is 24.4 Å². The number of rotatable bonds is 7. The summed E-state index contributed by atoms with van der Waals surface area (Å²) in [6.07, 6.45) is -0.505. The summed E-state index contributed by atoms with van der Waals surface area (Å²) in [5.41, 5.74) is 0.448. The lowest BCUT2D eigenvalue weighted by molar-refractivity contribution is -1.01. The van der Waals surface area contributed by atoms with E-state index in [-0.39, 0.29) is 6.61 Å². The first-order chi connectivity index (χ1) is 11.1. The lowest BCUT2D eigenvalue weighted by Gasteiger charge is -2.30. The SMILES string of the molecule is CC[NH+]1CC[NH+](C[C@H](O)COc2cccc(C(=O)OC)c2)CC1. The Morgan fingerprint density at radius 3 is 2.61 bits per heavy atom. The number of ether oxygens (including phenoxy) is 2. The van der Waals surface area contributed by atoms with Crippen LogP contribution in [0.15, 0.2) is 24.3 Å². The Kier molecular flexibility index (Phi) is 6.83. The highest BCUT2D eigenvalue weighted by molar-refractivity contribution is 5.89. The van der Waals surface area contributed by atoms with E-state index in [0.29, 0.717) is 17.9 Å². The van der Waals surface area contributed by atoms with Gasteiger partial charge in [0.1, 0.15) is 51.2 Å². The molecule has 6 heteroatoms. The van der Waals surface area contributed by atoms with E-state index in [1.165, 1.54) is 31.6 Å². The number of carbonyl (C=O) groups is 1. The number of likely N-dealkylation sites (N-methyl/N-ethyl adjacent to an activating group) is 1. The van der Waals surface area contributed by atoms with Gasteiger partial charge in [0.15, 0.2) is 0 Å². The van der Waals surface area contributed by atoms with E-state index >= 15 is 0 Å². The average Bonchev–Trinajstić information content (AvgIpc) is 2.60. The van der Waals surface area contributed by atoms with Gasteiger partial charge in [-0.3, -0.25) is 0 Å². The Hall–Kier alpha value is -1.63. The van der Waals surface area contributed by atoms with Crippen molar-refractivity contribution >= 4 is 5.97 Å². The van der Waals surface area contributed by atoms with Gasteiger partial charge in [0.25, 0.3) is 0 Å². The summed E-state index contributed by atoms with van der Waals surface area (Å²) in [7, 11) is 1.35. The van der Waals surface area contributed by atoms with Gasteiger partial charge in [-0.25, -0.2) is 4.79 Å². The van der Waals surface area contributed by atoms with Crippen LogP contribution in [-0.2, 0) is 4.74 Å². The molecule has 0 radical (unpaired) electrons. The van der Waals surface area contributed by atoms with Crippen LogP contribution >= 0.6 is 0 Å². The first-order valence-corrected chi connectivity index (χ1v) is 8.28. The molecule has 1 fully saturated rings. The fourth-order valence-corrected chi connectivity index (χ4v) is 2.93. The first kappa shape index (κ1) is 17.7. The zero-order valence-corrected chi connectivity index (χ0v) is 14.0. The van der Waals surface area contributed by atoms with Crippen LogP contribution in [0.2, 0.25) is 0 Å². The van der Waals surface area contributed by atoms with Crippen LogP contribution in [0.3, 0.4) is 0 Å². The zero-order chi connectivity index (χ0) is 16.7. The molecule has 0 spiro atoms. The number of piperazine rings is 1. The molecular formula is C17H28N2O4+2. The van der Waals surface area contributed by atoms with Crippen LogP contribution in [0.4, 0.5) is 0 Å². The van der Waals surface area contributed by atoms with Crippen LogP contribution < -0.4 is 14.5 Å². The number of hydrogen-bond donors (Lipinski definition) is 3. The van der Waals surface area contributed by atoms with Gasteiger partial charge in [0.05, 0.1) is 19.2 Å². The quantitative estimate of drug-likeness (QED) is 0.509. The Morgan fingerprint density at radius 2 is 1.96 bits per heavy atom. The number of hydrogen-bond acceptors (Lipinski definition) is 4. The van der Waals surface area contributed by atoms with Gasteiger partial charge in [-0.1, -0.05) is 6.07 Å². The molecule has 1 aliphatic heterocycles. The first-order valence-electron chi connectivity index (χ1n) is 8.28. The number of quaternary nitrogens is 2. The molecule has 0 amide bonds. The molecule has 0 unspecified atom stereocenters. The Labute approximate surface area is 137 Å². The van der Waals surface area contributed by atoms with Gasteiger partial charge >= 0.3 is 5.97 Å². The molecule has 23 heavy (non-hydrogen) atoms. The van der Waals surface area contributed by atoms with Crippen molar-refractivity contribution in [2.24, 2.45) is 0 Å². The summed E-state index contributed by atoms with van der Waals surface area (Å²) >= 11 is 0. The van der Waals surface area contributed by atoms with Crippen LogP contribution in [0, 0.1) is 0 Å². The third-order valence-corrected chi connectivity index (χ3v) is 4.39. The van der Waals surface area contributed by atoms with E-state index in [9.17, 15) is 9.90 Å². The highest BCUT2D eigenvalue weighted by atomic mass is 16.5. The lowest BCUT2D eigenvalue weighted by Crippen LogP contribution is -3.28. The van der Waals surface area contributed by atoms with Gasteiger partial charge in [-0.15, -0.1) is 0 Å². The average molecular weight is 324 g/mol. The van der Waals surface area contributed by atoms with Crippen molar-refractivity contribution in [3.8, 4) is 5.75 Å². The monoisotopic (exact) mass is 324 g/mol. The number of benzene rings is 1. The lowest BCUT2D eigenvalue weighted by atomic mass is 10.2. The van der Waals surface area contributed by atoms with Crippen LogP contribution in [0.1, 0.15) is 17.3 Å². The molecule has 3 N–H and O–H groups in total. The van der Waals surface area contributed by atoms with Crippen molar-refractivity contribution in [2.75, 3.05) is 53.0 Å². The fourth-order valence-electron chi connectivity index (χ4n) is 2.93. The largest absolute Gasteiger partial charge is 0.491 e. The van der Waals surface area contributed by atoms with Gasteiger partial charge in [-0.05, 0) is 25.1 Å². The molecule has 6 nitrogen and oxygen atoms in total. The van der Waals surface area contributed by atoms with Gasteiger partial charge in [0.2, 0.25) is 0 Å². The molecule has 0 bridgehead atoms. The molecule has 1 heterocycles. The van der Waals surface area contributed by atoms with Crippen molar-refractivity contribution in [3.05, 3.63) is 29.8 Å². The van der Waals surface area contributed by atoms with E-state index in [0.717, 1.165) is 13.1 Å². The zero-order valence-electron chi connectivity index (χ0n) is 14.0. The highest BCUT2D eigenvalue weighted by Crippen LogP contribution is 2.14. The highest BCUT2D eigenvalue weighted by Gasteiger charge is 2.24. The van der Waals surface area contributed by atoms with E-state index < -0.39 is 12.1 Å². The maximum Gasteiger partial charge on any atom is 0.337 e. The summed E-state index contributed by atoms with van der Waals surface area (Å²) in [5.74, 6) is 0.180. The number of nitrogens with one attached hydrogen (secondary N) is 2. The molecule has 1 aromatic rings. The molecule has 1 saturated heterocycles. The molecule has 1 aromatic carbocycles. The summed E-state index contributed by atoms with van der Waals surface area (Å²) in [6, 6.07) is 6.82. The second-order valence-corrected chi connectivity index (χ2v) is 6.04. The number of aliphatic hydroxyl groups excluding tert-OH is 1. The van der Waals surface area contributed by atoms with Crippen molar-refractivity contribution in [1.82, 2.24) is 0 Å². The van der Waals surface area contributed by atoms with E-state index in [4.69, 9.17) is 4.74 Å². The van der Waals surface area contributed by atoms with Crippen LogP contribution in [0.25, 0.3) is 0 Å². The summed E-state index contributed by atoms with van der Waals surface area (Å²) in [6.45, 7) is 8.85. The molecule has 1 aliphatic rings. The Morgan fingerprint density at radius 1 is 1.26 bits per heavy atom. The maximum atomic E-state index is 11.5. The summed E-state index contributed by atoms with van der Waals surface area (Å²) in [4.78, 5) is 14.6. The van der Waals surface area contributed by atoms with Crippen LogP contribution in [-0.4, -0.2) is 70.2 Å². The molecule has 2 rings (SSSR count). The number of aliphatic hydroxyl groups is 1. The molecule has 0 aliphatic carbocycles. The van der Waals surface area contributed by atoms with Gasteiger partial charge in [-0.2, -0.15) is 0 Å². The van der Waals surface area contributed by atoms with Crippen molar-refractivity contribution in [2.45, 2.75) is 13.0 Å². The standard InChI is InChI=1S/C17H26N2O4/c1-3-18-7-9-19(10-8-18)12-15(20)13-23-16-6-4-5-14(11-16)17(21)22-2/h4-6,11,15,20H,3,7-10,12-13H2,1-2H3/p+2/t15-/m0/s1. The summed E-state index contributed by atoms with van der Waals surface area (Å²) in [5, 5.41) is 10.2. The minimum atomic E-state index is -0.505. The van der Waals surface area contributed by atoms with E-state index in [1.807, 2.05) is 0 Å². The fraction of sp³-hybridized carbons (Fsp3) is 0.588. The molecular weight excluding hydrogens is 296 g/mol. The third-order valence-electron chi connectivity index (χ3n) is 4.39.